The molecule has 2 atom stereocenters. The number of aryl methyl sites for hydroxylation is 1. The third-order valence-corrected chi connectivity index (χ3v) is 5.45. The zero-order valence-electron chi connectivity index (χ0n) is 16.2. The van der Waals surface area contributed by atoms with Gasteiger partial charge in [-0.1, -0.05) is 30.3 Å². The molecular formula is C23H27ClN2O. The number of hydrogen-bond donors (Lipinski definition) is 0. The normalized spacial score (nSPS) is 18.8. The smallest absolute Gasteiger partial charge is 0.119 e. The van der Waals surface area contributed by atoms with E-state index in [2.05, 4.69) is 67.5 Å². The van der Waals surface area contributed by atoms with Crippen LogP contribution in [0.4, 0.5) is 0 Å². The minimum atomic E-state index is 0. The lowest BCUT2D eigenvalue weighted by Crippen LogP contribution is -2.31. The molecule has 4 rings (SSSR count). The zero-order valence-corrected chi connectivity index (χ0v) is 17.0. The molecule has 142 valence electrons. The Hall–Kier alpha value is -2.10. The van der Waals surface area contributed by atoms with E-state index in [1.165, 1.54) is 28.6 Å². The van der Waals surface area contributed by atoms with Crippen molar-refractivity contribution in [1.82, 2.24) is 9.88 Å². The maximum absolute atomic E-state index is 5.49. The molecule has 1 aliphatic carbocycles. The number of rotatable bonds is 4. The molecule has 4 heteroatoms. The molecule has 0 unspecified atom stereocenters. The van der Waals surface area contributed by atoms with Gasteiger partial charge in [-0.05, 0) is 68.2 Å². The molecular weight excluding hydrogens is 356 g/mol. The van der Waals surface area contributed by atoms with Gasteiger partial charge in [-0.25, -0.2) is 0 Å². The second-order valence-corrected chi connectivity index (χ2v) is 7.53. The Morgan fingerprint density at radius 1 is 1.07 bits per heavy atom. The predicted octanol–water partition coefficient (Wildman–Crippen LogP) is 4.92. The fourth-order valence-electron chi connectivity index (χ4n) is 4.34. The standard InChI is InChI=1S/C23H26N2O.ClH/c1-25(2)15-18-11-12-22-20(14-16-7-4-5-10-21(16)24-22)23(18)17-8-6-9-19(13-17)26-3;/h4-10,13-14,18,23H,11-12,15H2,1-3H3;1H/t18-,23+;/m1./s1. The van der Waals surface area contributed by atoms with Crippen LogP contribution in [0.5, 0.6) is 5.75 Å². The van der Waals surface area contributed by atoms with E-state index >= 15 is 0 Å². The molecule has 1 aliphatic rings. The highest BCUT2D eigenvalue weighted by Gasteiger charge is 2.32. The molecule has 0 saturated heterocycles. The van der Waals surface area contributed by atoms with E-state index < -0.39 is 0 Å². The SMILES string of the molecule is COc1cccc([C@@H]2c3cc4ccccc4nc3CC[C@@H]2CN(C)C)c1.Cl. The zero-order chi connectivity index (χ0) is 18.1. The van der Waals surface area contributed by atoms with Crippen molar-refractivity contribution in [2.75, 3.05) is 27.7 Å². The van der Waals surface area contributed by atoms with E-state index in [-0.39, 0.29) is 12.4 Å². The molecule has 0 amide bonds. The Labute approximate surface area is 167 Å². The van der Waals surface area contributed by atoms with Gasteiger partial charge in [-0.3, -0.25) is 4.98 Å². The van der Waals surface area contributed by atoms with E-state index in [1.807, 2.05) is 6.07 Å². The summed E-state index contributed by atoms with van der Waals surface area (Å²) in [6.07, 6.45) is 2.22. The monoisotopic (exact) mass is 382 g/mol. The van der Waals surface area contributed by atoms with Crippen LogP contribution in [-0.2, 0) is 6.42 Å². The maximum Gasteiger partial charge on any atom is 0.119 e. The molecule has 1 heterocycles. The number of aromatic nitrogens is 1. The van der Waals surface area contributed by atoms with Crippen molar-refractivity contribution in [2.45, 2.75) is 18.8 Å². The summed E-state index contributed by atoms with van der Waals surface area (Å²) in [5, 5.41) is 1.23. The van der Waals surface area contributed by atoms with Crippen molar-refractivity contribution < 1.29 is 4.74 Å². The second-order valence-electron chi connectivity index (χ2n) is 7.53. The molecule has 0 N–H and O–H groups in total. The average molecular weight is 383 g/mol. The lowest BCUT2D eigenvalue weighted by atomic mass is 9.73. The first-order chi connectivity index (χ1) is 12.7. The molecule has 0 spiro atoms. The van der Waals surface area contributed by atoms with Gasteiger partial charge in [0.1, 0.15) is 5.75 Å². The number of nitrogens with zero attached hydrogens (tertiary/aromatic N) is 2. The number of methoxy groups -OCH3 is 1. The quantitative estimate of drug-likeness (QED) is 0.640. The number of ether oxygens (including phenoxy) is 1. The van der Waals surface area contributed by atoms with Gasteiger partial charge in [-0.2, -0.15) is 0 Å². The Kier molecular flexibility index (Phi) is 6.03. The summed E-state index contributed by atoms with van der Waals surface area (Å²) in [6.45, 7) is 1.08. The molecule has 0 radical (unpaired) electrons. The van der Waals surface area contributed by atoms with E-state index in [9.17, 15) is 0 Å². The second kappa shape index (κ2) is 8.28. The molecule has 0 bridgehead atoms. The third kappa shape index (κ3) is 3.95. The van der Waals surface area contributed by atoms with Crippen LogP contribution in [0.2, 0.25) is 0 Å². The van der Waals surface area contributed by atoms with Gasteiger partial charge >= 0.3 is 0 Å². The third-order valence-electron chi connectivity index (χ3n) is 5.45. The molecule has 0 fully saturated rings. The largest absolute Gasteiger partial charge is 0.497 e. The van der Waals surface area contributed by atoms with Crippen molar-refractivity contribution in [1.29, 1.82) is 0 Å². The van der Waals surface area contributed by atoms with Crippen LogP contribution in [0, 0.1) is 5.92 Å². The highest BCUT2D eigenvalue weighted by Crippen LogP contribution is 2.42. The van der Waals surface area contributed by atoms with Gasteiger partial charge < -0.3 is 9.64 Å². The van der Waals surface area contributed by atoms with Crippen molar-refractivity contribution in [3.63, 3.8) is 0 Å². The molecule has 27 heavy (non-hydrogen) atoms. The molecule has 1 aromatic heterocycles. The first kappa shape index (κ1) is 19.7. The summed E-state index contributed by atoms with van der Waals surface area (Å²) in [5.41, 5.74) is 5.07. The van der Waals surface area contributed by atoms with Gasteiger partial charge in [0.2, 0.25) is 0 Å². The van der Waals surface area contributed by atoms with Gasteiger partial charge in [0.25, 0.3) is 0 Å². The molecule has 3 aromatic rings. The Balaban J connectivity index is 0.00000210. The Morgan fingerprint density at radius 3 is 2.67 bits per heavy atom. The van der Waals surface area contributed by atoms with Crippen LogP contribution in [0.1, 0.15) is 29.2 Å². The number of benzene rings is 2. The van der Waals surface area contributed by atoms with Crippen molar-refractivity contribution in [2.24, 2.45) is 5.92 Å². The highest BCUT2D eigenvalue weighted by atomic mass is 35.5. The molecule has 3 nitrogen and oxygen atoms in total. The van der Waals surface area contributed by atoms with E-state index in [1.54, 1.807) is 7.11 Å². The first-order valence-corrected chi connectivity index (χ1v) is 9.33. The fraction of sp³-hybridized carbons (Fsp3) is 0.348. The summed E-state index contributed by atoms with van der Waals surface area (Å²) in [7, 11) is 6.06. The summed E-state index contributed by atoms with van der Waals surface area (Å²) in [4.78, 5) is 7.31. The van der Waals surface area contributed by atoms with E-state index in [0.717, 1.165) is 24.2 Å². The summed E-state index contributed by atoms with van der Waals surface area (Å²) in [5.74, 6) is 1.85. The summed E-state index contributed by atoms with van der Waals surface area (Å²) >= 11 is 0. The minimum Gasteiger partial charge on any atom is -0.497 e. The maximum atomic E-state index is 5.49. The number of halogens is 1. The average Bonchev–Trinajstić information content (AvgIpc) is 2.66. The van der Waals surface area contributed by atoms with Crippen molar-refractivity contribution >= 4 is 23.3 Å². The van der Waals surface area contributed by atoms with E-state index in [4.69, 9.17) is 9.72 Å². The van der Waals surface area contributed by atoms with Crippen LogP contribution in [0.3, 0.4) is 0 Å². The first-order valence-electron chi connectivity index (χ1n) is 9.33. The number of fused-ring (bicyclic) bond motifs is 2. The van der Waals surface area contributed by atoms with Crippen LogP contribution in [0.25, 0.3) is 10.9 Å². The molecule has 0 aliphatic heterocycles. The molecule has 2 aromatic carbocycles. The number of hydrogen-bond acceptors (Lipinski definition) is 3. The van der Waals surface area contributed by atoms with E-state index in [0.29, 0.717) is 11.8 Å². The minimum absolute atomic E-state index is 0. The highest BCUT2D eigenvalue weighted by molar-refractivity contribution is 5.85. The Bertz CT molecular complexity index is 925. The lowest BCUT2D eigenvalue weighted by molar-refractivity contribution is 0.280. The van der Waals surface area contributed by atoms with Gasteiger partial charge in [0, 0.05) is 23.5 Å². The Morgan fingerprint density at radius 2 is 1.89 bits per heavy atom. The van der Waals surface area contributed by atoms with Crippen LogP contribution < -0.4 is 4.74 Å². The number of para-hydroxylation sites is 1. The summed E-state index contributed by atoms with van der Waals surface area (Å²) < 4.78 is 5.49. The van der Waals surface area contributed by atoms with Crippen LogP contribution >= 0.6 is 12.4 Å². The van der Waals surface area contributed by atoms with Crippen LogP contribution in [0.15, 0.2) is 54.6 Å². The van der Waals surface area contributed by atoms with Crippen molar-refractivity contribution in [3.8, 4) is 5.75 Å². The van der Waals surface area contributed by atoms with Crippen molar-refractivity contribution in [3.05, 3.63) is 71.4 Å². The van der Waals surface area contributed by atoms with Gasteiger partial charge in [0.05, 0.1) is 12.6 Å². The topological polar surface area (TPSA) is 25.4 Å². The lowest BCUT2D eigenvalue weighted by Gasteiger charge is -2.35. The van der Waals surface area contributed by atoms with Gasteiger partial charge in [-0.15, -0.1) is 12.4 Å². The van der Waals surface area contributed by atoms with Crippen LogP contribution in [-0.4, -0.2) is 37.6 Å². The summed E-state index contributed by atoms with van der Waals surface area (Å²) in [6, 6.07) is 19.4. The van der Waals surface area contributed by atoms with Gasteiger partial charge in [0.15, 0.2) is 0 Å². The number of pyridine rings is 1. The predicted molar refractivity (Wildman–Crippen MR) is 114 cm³/mol. The fourth-order valence-corrected chi connectivity index (χ4v) is 4.34. The molecule has 0 saturated carbocycles.